The third-order valence-electron chi connectivity index (χ3n) is 5.89. The molecule has 0 spiro atoms. The summed E-state index contributed by atoms with van der Waals surface area (Å²) < 4.78 is 3.60. The molecule has 0 aliphatic heterocycles. The topological polar surface area (TPSA) is 81.8 Å². The van der Waals surface area contributed by atoms with Gasteiger partial charge in [0.05, 0.1) is 17.1 Å². The van der Waals surface area contributed by atoms with Gasteiger partial charge in [-0.15, -0.1) is 0 Å². The average molecular weight is 472 g/mol. The first-order valence-electron chi connectivity index (χ1n) is 11.4. The number of anilines is 1. The highest BCUT2D eigenvalue weighted by Crippen LogP contribution is 2.30. The van der Waals surface area contributed by atoms with E-state index in [9.17, 15) is 9.59 Å². The van der Waals surface area contributed by atoms with E-state index in [2.05, 4.69) is 28.5 Å². The molecule has 0 unspecified atom stereocenters. The number of aryl methyl sites for hydroxylation is 3. The molecule has 0 bridgehead atoms. The molecule has 0 fully saturated rings. The first-order valence-corrected chi connectivity index (χ1v) is 12.4. The fourth-order valence-electron chi connectivity index (χ4n) is 4.19. The van der Waals surface area contributed by atoms with Crippen LogP contribution in [0.15, 0.2) is 76.8 Å². The van der Waals surface area contributed by atoms with Crippen molar-refractivity contribution in [3.63, 3.8) is 0 Å². The largest absolute Gasteiger partial charge is 0.328 e. The van der Waals surface area contributed by atoms with E-state index >= 15 is 0 Å². The Morgan fingerprint density at radius 2 is 1.88 bits per heavy atom. The Morgan fingerprint density at radius 3 is 2.71 bits per heavy atom. The molecule has 0 saturated carbocycles. The summed E-state index contributed by atoms with van der Waals surface area (Å²) >= 11 is 1.24. The van der Waals surface area contributed by atoms with Gasteiger partial charge in [-0.1, -0.05) is 42.1 Å². The van der Waals surface area contributed by atoms with E-state index in [1.807, 2.05) is 47.9 Å². The lowest BCUT2D eigenvalue weighted by Crippen LogP contribution is -2.18. The van der Waals surface area contributed by atoms with Crippen LogP contribution in [0, 0.1) is 0 Å². The predicted molar refractivity (Wildman–Crippen MR) is 135 cm³/mol. The Morgan fingerprint density at radius 1 is 1.06 bits per heavy atom. The van der Waals surface area contributed by atoms with Crippen LogP contribution >= 0.6 is 11.8 Å². The molecule has 4 aromatic rings. The summed E-state index contributed by atoms with van der Waals surface area (Å²) in [4.78, 5) is 28.6. The van der Waals surface area contributed by atoms with Crippen molar-refractivity contribution >= 4 is 23.5 Å². The fraction of sp³-hybridized carbons (Fsp3) is 0.231. The molecule has 1 N–H and O–H groups in total. The van der Waals surface area contributed by atoms with Crippen LogP contribution in [0.1, 0.15) is 24.5 Å². The highest BCUT2D eigenvalue weighted by atomic mass is 32.2. The van der Waals surface area contributed by atoms with E-state index in [1.54, 1.807) is 10.9 Å². The van der Waals surface area contributed by atoms with Gasteiger partial charge in [-0.25, -0.2) is 4.68 Å². The number of carbonyl (C=O) groups is 1. The lowest BCUT2D eigenvalue weighted by Gasteiger charge is -2.10. The Kier molecular flexibility index (Phi) is 6.31. The summed E-state index contributed by atoms with van der Waals surface area (Å²) in [6.45, 7) is 2.64. The van der Waals surface area contributed by atoms with E-state index in [-0.39, 0.29) is 17.2 Å². The molecule has 0 atom stereocenters. The number of hydrogen-bond donors (Lipinski definition) is 1. The van der Waals surface area contributed by atoms with Crippen LogP contribution in [0.25, 0.3) is 16.9 Å². The number of fused-ring (bicyclic) bond motifs is 1. The molecule has 172 valence electrons. The zero-order valence-corrected chi connectivity index (χ0v) is 19.7. The maximum absolute atomic E-state index is 12.9. The second kappa shape index (κ2) is 9.69. The normalized spacial score (nSPS) is 12.5. The van der Waals surface area contributed by atoms with E-state index in [4.69, 9.17) is 5.10 Å². The lowest BCUT2D eigenvalue weighted by atomic mass is 10.0. The van der Waals surface area contributed by atoms with Crippen molar-refractivity contribution in [1.29, 1.82) is 0 Å². The monoisotopic (exact) mass is 471 g/mol. The van der Waals surface area contributed by atoms with E-state index in [0.29, 0.717) is 17.5 Å². The quantitative estimate of drug-likeness (QED) is 0.320. The lowest BCUT2D eigenvalue weighted by molar-refractivity contribution is -0.113. The van der Waals surface area contributed by atoms with Crippen molar-refractivity contribution in [1.82, 2.24) is 19.3 Å². The summed E-state index contributed by atoms with van der Waals surface area (Å²) in [5, 5.41) is 8.35. The molecule has 0 saturated heterocycles. The number of amides is 1. The highest BCUT2D eigenvalue weighted by Gasteiger charge is 2.17. The number of aromatic nitrogens is 4. The van der Waals surface area contributed by atoms with E-state index in [1.165, 1.54) is 35.4 Å². The van der Waals surface area contributed by atoms with Crippen molar-refractivity contribution < 1.29 is 4.79 Å². The first-order chi connectivity index (χ1) is 16.6. The van der Waals surface area contributed by atoms with Crippen LogP contribution in [0.3, 0.4) is 0 Å². The van der Waals surface area contributed by atoms with Gasteiger partial charge in [-0.3, -0.25) is 9.59 Å². The van der Waals surface area contributed by atoms with Gasteiger partial charge in [-0.2, -0.15) is 10.1 Å². The molecule has 5 rings (SSSR count). The number of benzene rings is 2. The summed E-state index contributed by atoms with van der Waals surface area (Å²) in [6, 6.07) is 19.6. The molecule has 8 heteroatoms. The Labute approximate surface area is 201 Å². The number of carbonyl (C=O) groups excluding carboxylic acids is 1. The summed E-state index contributed by atoms with van der Waals surface area (Å²) in [7, 11) is 0. The van der Waals surface area contributed by atoms with Crippen LogP contribution in [0.2, 0.25) is 0 Å². The number of hydrogen-bond acceptors (Lipinski definition) is 5. The number of nitrogens with zero attached hydrogens (tertiary/aromatic N) is 4. The summed E-state index contributed by atoms with van der Waals surface area (Å²) in [5.41, 5.74) is 5.20. The van der Waals surface area contributed by atoms with Crippen LogP contribution in [0.5, 0.6) is 0 Å². The molecule has 2 aromatic carbocycles. The number of para-hydroxylation sites is 1. The molecule has 2 heterocycles. The molecular weight excluding hydrogens is 446 g/mol. The molecule has 7 nitrogen and oxygen atoms in total. The summed E-state index contributed by atoms with van der Waals surface area (Å²) in [6.07, 6.45) is 5.12. The third kappa shape index (κ3) is 4.68. The van der Waals surface area contributed by atoms with Crippen LogP contribution < -0.4 is 10.9 Å². The fourth-order valence-corrected chi connectivity index (χ4v) is 5.03. The third-order valence-corrected chi connectivity index (χ3v) is 6.88. The van der Waals surface area contributed by atoms with Crippen LogP contribution in [-0.4, -0.2) is 31.0 Å². The van der Waals surface area contributed by atoms with Gasteiger partial charge < -0.3 is 9.88 Å². The van der Waals surface area contributed by atoms with Gasteiger partial charge in [0.1, 0.15) is 5.82 Å². The number of rotatable bonds is 7. The van der Waals surface area contributed by atoms with Gasteiger partial charge in [0.25, 0.3) is 5.56 Å². The maximum atomic E-state index is 12.9. The Hall–Kier alpha value is -3.65. The van der Waals surface area contributed by atoms with Gasteiger partial charge >= 0.3 is 0 Å². The standard InChI is InChI=1S/C26H25N5O2S/c1-2-30-14-13-24(32)28-26(30)34-17-25(33)27-23-16-22(29-31(23)21-9-4-3-5-10-21)20-12-11-18-7-6-8-19(18)15-20/h3-5,9-16H,2,6-8,17H2,1H3,(H,27,33). The van der Waals surface area contributed by atoms with E-state index < -0.39 is 0 Å². The minimum atomic E-state index is -0.311. The Bertz CT molecular complexity index is 1390. The molecule has 2 aromatic heterocycles. The minimum absolute atomic E-state index is 0.130. The molecule has 1 amide bonds. The van der Waals surface area contributed by atoms with Crippen molar-refractivity contribution in [3.05, 3.63) is 88.3 Å². The van der Waals surface area contributed by atoms with Crippen LogP contribution in [-0.2, 0) is 24.2 Å². The van der Waals surface area contributed by atoms with Gasteiger partial charge in [0.15, 0.2) is 5.16 Å². The summed E-state index contributed by atoms with van der Waals surface area (Å²) in [5.74, 6) is 0.537. The zero-order chi connectivity index (χ0) is 23.5. The van der Waals surface area contributed by atoms with Crippen molar-refractivity contribution in [2.45, 2.75) is 37.9 Å². The minimum Gasteiger partial charge on any atom is -0.328 e. The number of thioether (sulfide) groups is 1. The molecule has 1 aliphatic rings. The second-order valence-electron chi connectivity index (χ2n) is 8.17. The van der Waals surface area contributed by atoms with E-state index in [0.717, 1.165) is 29.8 Å². The molecule has 34 heavy (non-hydrogen) atoms. The average Bonchev–Trinajstić information content (AvgIpc) is 3.50. The Balaban J connectivity index is 1.40. The zero-order valence-electron chi connectivity index (χ0n) is 18.9. The molecular formula is C26H25N5O2S. The van der Waals surface area contributed by atoms with Crippen molar-refractivity contribution in [2.24, 2.45) is 0 Å². The smallest absolute Gasteiger partial charge is 0.273 e. The van der Waals surface area contributed by atoms with Crippen LogP contribution in [0.4, 0.5) is 5.82 Å². The highest BCUT2D eigenvalue weighted by molar-refractivity contribution is 7.99. The maximum Gasteiger partial charge on any atom is 0.273 e. The van der Waals surface area contributed by atoms with Crippen molar-refractivity contribution in [3.8, 4) is 16.9 Å². The molecule has 1 aliphatic carbocycles. The molecule has 0 radical (unpaired) electrons. The number of nitrogens with one attached hydrogen (secondary N) is 1. The first kappa shape index (κ1) is 22.2. The van der Waals surface area contributed by atoms with Gasteiger partial charge in [0.2, 0.25) is 5.91 Å². The predicted octanol–water partition coefficient (Wildman–Crippen LogP) is 4.34. The van der Waals surface area contributed by atoms with Gasteiger partial charge in [-0.05, 0) is 55.5 Å². The van der Waals surface area contributed by atoms with Gasteiger partial charge in [0, 0.05) is 30.4 Å². The second-order valence-corrected chi connectivity index (χ2v) is 9.11. The SMILES string of the molecule is CCn1ccc(=O)nc1SCC(=O)Nc1cc(-c2ccc3c(c2)CCC3)nn1-c1ccccc1. The van der Waals surface area contributed by atoms with Crippen molar-refractivity contribution in [2.75, 3.05) is 11.1 Å².